The molecule has 0 aliphatic heterocycles. The predicted octanol–water partition coefficient (Wildman–Crippen LogP) is 3.43. The number of carboxylic acids is 1. The number of hydrogen-bond donors (Lipinski definition) is 2. The molecular formula is C16H22FNO2. The Bertz CT molecular complexity index is 489. The molecule has 0 bridgehead atoms. The molecule has 3 nitrogen and oxygen atoms in total. The van der Waals surface area contributed by atoms with Crippen LogP contribution in [-0.2, 0) is 4.79 Å². The molecule has 0 radical (unpaired) electrons. The standard InChI is InChI=1S/C16H22FNO2/c1-10-6-7-12(9-15(10)17)11(2)18-14-5-3-4-13(8-14)16(19)20/h6-7,9,11,13-14,18H,3-5,8H2,1-2H3,(H,19,20). The Morgan fingerprint density at radius 3 is 2.85 bits per heavy atom. The highest BCUT2D eigenvalue weighted by atomic mass is 19.1. The molecule has 2 rings (SSSR count). The van der Waals surface area contributed by atoms with Gasteiger partial charge in [0.15, 0.2) is 0 Å². The maximum atomic E-state index is 13.6. The fourth-order valence-electron chi connectivity index (χ4n) is 2.89. The second-order valence-electron chi connectivity index (χ2n) is 5.80. The van der Waals surface area contributed by atoms with Gasteiger partial charge in [0.1, 0.15) is 5.82 Å². The van der Waals surface area contributed by atoms with Crippen LogP contribution >= 0.6 is 0 Å². The van der Waals surface area contributed by atoms with Crippen molar-refractivity contribution in [3.05, 3.63) is 35.1 Å². The molecule has 3 atom stereocenters. The monoisotopic (exact) mass is 279 g/mol. The zero-order chi connectivity index (χ0) is 14.7. The van der Waals surface area contributed by atoms with Gasteiger partial charge in [-0.25, -0.2) is 4.39 Å². The van der Waals surface area contributed by atoms with Crippen LogP contribution in [0.5, 0.6) is 0 Å². The largest absolute Gasteiger partial charge is 0.481 e. The first kappa shape index (κ1) is 15.0. The van der Waals surface area contributed by atoms with Crippen LogP contribution < -0.4 is 5.32 Å². The van der Waals surface area contributed by atoms with Crippen LogP contribution in [0.25, 0.3) is 0 Å². The topological polar surface area (TPSA) is 49.3 Å². The van der Waals surface area contributed by atoms with Crippen LogP contribution in [-0.4, -0.2) is 17.1 Å². The van der Waals surface area contributed by atoms with E-state index in [1.54, 1.807) is 19.1 Å². The molecular weight excluding hydrogens is 257 g/mol. The van der Waals surface area contributed by atoms with E-state index in [4.69, 9.17) is 5.11 Å². The van der Waals surface area contributed by atoms with E-state index in [0.717, 1.165) is 24.8 Å². The van der Waals surface area contributed by atoms with E-state index in [9.17, 15) is 9.18 Å². The average Bonchev–Trinajstić information content (AvgIpc) is 2.42. The Balaban J connectivity index is 1.98. The summed E-state index contributed by atoms with van der Waals surface area (Å²) in [7, 11) is 0. The van der Waals surface area contributed by atoms with Crippen molar-refractivity contribution >= 4 is 5.97 Å². The van der Waals surface area contributed by atoms with Crippen LogP contribution in [0.2, 0.25) is 0 Å². The fraction of sp³-hybridized carbons (Fsp3) is 0.562. The summed E-state index contributed by atoms with van der Waals surface area (Å²) in [5.74, 6) is -1.14. The van der Waals surface area contributed by atoms with Gasteiger partial charge in [-0.1, -0.05) is 18.6 Å². The molecule has 1 saturated carbocycles. The quantitative estimate of drug-likeness (QED) is 0.887. The lowest BCUT2D eigenvalue weighted by Gasteiger charge is -2.30. The Morgan fingerprint density at radius 1 is 1.45 bits per heavy atom. The van der Waals surface area contributed by atoms with Gasteiger partial charge in [-0.15, -0.1) is 0 Å². The number of rotatable bonds is 4. The Hall–Kier alpha value is -1.42. The maximum Gasteiger partial charge on any atom is 0.306 e. The van der Waals surface area contributed by atoms with Gasteiger partial charge in [0.05, 0.1) is 5.92 Å². The first-order valence-corrected chi connectivity index (χ1v) is 7.22. The van der Waals surface area contributed by atoms with Crippen LogP contribution in [0.1, 0.15) is 49.8 Å². The molecule has 1 aromatic carbocycles. The van der Waals surface area contributed by atoms with E-state index < -0.39 is 5.97 Å². The maximum absolute atomic E-state index is 13.6. The summed E-state index contributed by atoms with van der Waals surface area (Å²) >= 11 is 0. The summed E-state index contributed by atoms with van der Waals surface area (Å²) in [6.07, 6.45) is 3.35. The summed E-state index contributed by atoms with van der Waals surface area (Å²) in [4.78, 5) is 11.1. The lowest BCUT2D eigenvalue weighted by Crippen LogP contribution is -2.37. The van der Waals surface area contributed by atoms with Crippen molar-refractivity contribution in [1.29, 1.82) is 0 Å². The van der Waals surface area contributed by atoms with E-state index in [2.05, 4.69) is 5.32 Å². The van der Waals surface area contributed by atoms with Crippen molar-refractivity contribution in [2.45, 2.75) is 51.6 Å². The molecule has 0 heterocycles. The van der Waals surface area contributed by atoms with E-state index in [-0.39, 0.29) is 23.8 Å². The zero-order valence-corrected chi connectivity index (χ0v) is 12.0. The van der Waals surface area contributed by atoms with Crippen molar-refractivity contribution in [3.63, 3.8) is 0 Å². The van der Waals surface area contributed by atoms with Gasteiger partial charge in [-0.2, -0.15) is 0 Å². The van der Waals surface area contributed by atoms with Gasteiger partial charge in [0.25, 0.3) is 0 Å². The highest BCUT2D eigenvalue weighted by Gasteiger charge is 2.27. The number of carbonyl (C=O) groups is 1. The van der Waals surface area contributed by atoms with E-state index in [1.165, 1.54) is 0 Å². The molecule has 3 unspecified atom stereocenters. The van der Waals surface area contributed by atoms with Crippen LogP contribution in [0.3, 0.4) is 0 Å². The molecule has 1 aromatic rings. The fourth-order valence-corrected chi connectivity index (χ4v) is 2.89. The number of hydrogen-bond acceptors (Lipinski definition) is 2. The lowest BCUT2D eigenvalue weighted by atomic mass is 9.85. The molecule has 4 heteroatoms. The van der Waals surface area contributed by atoms with Gasteiger partial charge in [0, 0.05) is 12.1 Å². The van der Waals surface area contributed by atoms with Gasteiger partial charge in [-0.3, -0.25) is 4.79 Å². The van der Waals surface area contributed by atoms with Gasteiger partial charge in [-0.05, 0) is 50.3 Å². The zero-order valence-electron chi connectivity index (χ0n) is 12.0. The van der Waals surface area contributed by atoms with Crippen LogP contribution in [0, 0.1) is 18.7 Å². The first-order chi connectivity index (χ1) is 9.47. The first-order valence-electron chi connectivity index (χ1n) is 7.22. The normalized spacial score (nSPS) is 24.4. The second kappa shape index (κ2) is 6.35. The smallest absolute Gasteiger partial charge is 0.306 e. The molecule has 1 aliphatic rings. The summed E-state index contributed by atoms with van der Waals surface area (Å²) in [6.45, 7) is 3.74. The highest BCUT2D eigenvalue weighted by Crippen LogP contribution is 2.26. The Morgan fingerprint density at radius 2 is 2.20 bits per heavy atom. The molecule has 2 N–H and O–H groups in total. The summed E-state index contributed by atoms with van der Waals surface area (Å²) in [6, 6.07) is 5.49. The number of halogens is 1. The van der Waals surface area contributed by atoms with Crippen LogP contribution in [0.4, 0.5) is 4.39 Å². The van der Waals surface area contributed by atoms with Crippen molar-refractivity contribution in [2.75, 3.05) is 0 Å². The number of carboxylic acid groups (broad SMARTS) is 1. The number of aliphatic carboxylic acids is 1. The van der Waals surface area contributed by atoms with Crippen molar-refractivity contribution in [1.82, 2.24) is 5.32 Å². The number of aryl methyl sites for hydroxylation is 1. The average molecular weight is 279 g/mol. The number of nitrogens with one attached hydrogen (secondary N) is 1. The Kier molecular flexibility index (Phi) is 4.76. The molecule has 1 fully saturated rings. The highest BCUT2D eigenvalue weighted by molar-refractivity contribution is 5.70. The van der Waals surface area contributed by atoms with E-state index in [1.807, 2.05) is 13.0 Å². The summed E-state index contributed by atoms with van der Waals surface area (Å²) < 4.78 is 13.6. The van der Waals surface area contributed by atoms with E-state index >= 15 is 0 Å². The minimum absolute atomic E-state index is 0.0302. The lowest BCUT2D eigenvalue weighted by molar-refractivity contribution is -0.143. The number of benzene rings is 1. The van der Waals surface area contributed by atoms with Crippen molar-refractivity contribution in [2.24, 2.45) is 5.92 Å². The third-order valence-corrected chi connectivity index (χ3v) is 4.21. The van der Waals surface area contributed by atoms with Crippen molar-refractivity contribution in [3.8, 4) is 0 Å². The molecule has 0 saturated heterocycles. The predicted molar refractivity (Wildman–Crippen MR) is 76.1 cm³/mol. The molecule has 0 spiro atoms. The molecule has 110 valence electrons. The summed E-state index contributed by atoms with van der Waals surface area (Å²) in [5.41, 5.74) is 1.55. The molecule has 0 aromatic heterocycles. The third kappa shape index (κ3) is 3.57. The molecule has 1 aliphatic carbocycles. The van der Waals surface area contributed by atoms with Crippen LogP contribution in [0.15, 0.2) is 18.2 Å². The third-order valence-electron chi connectivity index (χ3n) is 4.21. The van der Waals surface area contributed by atoms with Gasteiger partial charge >= 0.3 is 5.97 Å². The van der Waals surface area contributed by atoms with Crippen molar-refractivity contribution < 1.29 is 14.3 Å². The van der Waals surface area contributed by atoms with Gasteiger partial charge < -0.3 is 10.4 Å². The Labute approximate surface area is 119 Å². The molecule has 20 heavy (non-hydrogen) atoms. The SMILES string of the molecule is Cc1ccc(C(C)NC2CCCC(C(=O)O)C2)cc1F. The molecule has 0 amide bonds. The minimum atomic E-state index is -0.703. The second-order valence-corrected chi connectivity index (χ2v) is 5.80. The van der Waals surface area contributed by atoms with E-state index in [0.29, 0.717) is 12.0 Å². The van der Waals surface area contributed by atoms with Gasteiger partial charge in [0.2, 0.25) is 0 Å². The minimum Gasteiger partial charge on any atom is -0.481 e. The summed E-state index contributed by atoms with van der Waals surface area (Å²) in [5, 5.41) is 12.5.